The zero-order valence-corrected chi connectivity index (χ0v) is 46.5. The number of carbonyl (C=O) groups is 3. The van der Waals surface area contributed by atoms with E-state index in [9.17, 15) is 58.5 Å². The Hall–Kier alpha value is -4.21. The van der Waals surface area contributed by atoms with E-state index < -0.39 is 120 Å². The summed E-state index contributed by atoms with van der Waals surface area (Å²) in [6.07, 6.45) is 23.9. The number of esters is 2. The number of nitrogen functional groups attached to an aromatic ring is 1. The second-order valence-electron chi connectivity index (χ2n) is 19.2. The van der Waals surface area contributed by atoms with Gasteiger partial charge in [0.2, 0.25) is 0 Å². The Kier molecular flexibility index (Phi) is 32.8. The van der Waals surface area contributed by atoms with Crippen molar-refractivity contribution in [3.05, 3.63) is 95.7 Å². The monoisotopic (exact) mass is 1130 g/mol. The second kappa shape index (κ2) is 37.6. The van der Waals surface area contributed by atoms with Gasteiger partial charge in [-0.15, -0.1) is 0 Å². The lowest BCUT2D eigenvalue weighted by atomic mass is 9.83. The molecule has 0 aliphatic carbocycles. The first-order valence-corrected chi connectivity index (χ1v) is 30.0. The summed E-state index contributed by atoms with van der Waals surface area (Å²) in [5, 5.41) is 45.6. The van der Waals surface area contributed by atoms with Gasteiger partial charge in [-0.1, -0.05) is 138 Å². The van der Waals surface area contributed by atoms with Crippen LogP contribution >= 0.6 is 15.6 Å². The number of cyclic esters (lactones) is 1. The van der Waals surface area contributed by atoms with Crippen LogP contribution in [0.4, 0.5) is 5.82 Å². The molecule has 11 atom stereocenters. The van der Waals surface area contributed by atoms with Crippen molar-refractivity contribution < 1.29 is 81.3 Å². The number of anilines is 1. The highest BCUT2D eigenvalue weighted by Crippen LogP contribution is 2.60. The molecule has 77 heavy (non-hydrogen) atoms. The molecule has 0 radical (unpaired) electrons. The first-order valence-electron chi connectivity index (χ1n) is 27.1. The van der Waals surface area contributed by atoms with Gasteiger partial charge in [0, 0.05) is 31.4 Å². The summed E-state index contributed by atoms with van der Waals surface area (Å²) in [6, 6.07) is 1.23. The average Bonchev–Trinajstić information content (AvgIpc) is 3.37. The molecule has 0 aromatic carbocycles. The quantitative estimate of drug-likeness (QED) is 0.0235. The Morgan fingerprint density at radius 1 is 0.805 bits per heavy atom. The molecule has 3 rings (SSSR count). The number of nitrogens with zero attached hydrogens (tertiary/aromatic N) is 2. The number of fused-ring (bicyclic) bond motifs is 3. The summed E-state index contributed by atoms with van der Waals surface area (Å²) in [7, 11) is -11.4. The predicted octanol–water partition coefficient (Wildman–Crippen LogP) is 8.26. The molecule has 3 heterocycles. The predicted molar refractivity (Wildman–Crippen MR) is 289 cm³/mol. The molecule has 0 spiro atoms. The number of aliphatic hydroxyl groups is 4. The fourth-order valence-electron chi connectivity index (χ4n) is 8.36. The fraction of sp³-hybridized carbons (Fsp3) is 0.648. The number of nitrogens with two attached hydrogens (primary N) is 1. The van der Waals surface area contributed by atoms with E-state index in [0.717, 1.165) is 49.3 Å². The number of unbranched alkanes of at least 4 members (excludes halogenated alkanes) is 5. The SMILES string of the molecule is CCCCC/C=C\C/C=C\C/C=C\C/C=C\C/C=C\CCC(=O)O[C@@H]1COC(=O)CCCCCC[C@H]2C(=O)C[C@@H](O)[C@H](/C=C/[C@@H](O)CCCCC)[C@H](O)[C@H](O)[C@@H](COP(=O)(O)OP(=O)(O)OC1)O[C@H]2n1ccc(N)nc1=O. The lowest BCUT2D eigenvalue weighted by Crippen LogP contribution is -2.51. The van der Waals surface area contributed by atoms with Crippen molar-refractivity contribution in [2.75, 3.05) is 25.6 Å². The lowest BCUT2D eigenvalue weighted by Gasteiger charge is -2.38. The summed E-state index contributed by atoms with van der Waals surface area (Å²) in [4.78, 5) is 78.6. The van der Waals surface area contributed by atoms with Crippen LogP contribution in [-0.2, 0) is 51.1 Å². The molecule has 2 unspecified atom stereocenters. The van der Waals surface area contributed by atoms with Gasteiger partial charge >= 0.3 is 33.3 Å². The standard InChI is InChI=1S/C54H85N3O18P2/c1-3-5-7-8-9-10-11-12-13-14-15-16-17-18-19-20-21-22-28-32-50(62)73-42-38-70-49(61)31-27-24-23-26-30-44-46(60)37-45(59)43(34-33-41(58)29-25-6-4-2)51(63)52(64)47(40-72-77(68,69)75-76(66,67)71-39-42)74-53(44)57-36-35-48(55)56-54(57)65/h9-10,12-13,15-16,18-19,21-22,33-36,41-45,47,51-53,58-59,63-64H,3-8,11,14,17,20,23-32,37-40H2,1-2H3,(H,66,67)(H,68,69)(H2,55,56,65)/b10-9-,13-12-,16-15-,19-18-,22-21-,34-33+/t41-,42+,43-,44-,45+,47+,51-,52+,53+/m0/s1. The molecule has 0 amide bonds. The van der Waals surface area contributed by atoms with Gasteiger partial charge in [0.15, 0.2) is 6.10 Å². The lowest BCUT2D eigenvalue weighted by molar-refractivity contribution is -0.184. The maximum atomic E-state index is 14.3. The molecule has 2 bridgehead atoms. The number of allylic oxidation sites excluding steroid dienone is 10. The zero-order chi connectivity index (χ0) is 56.5. The second-order valence-corrected chi connectivity index (χ2v) is 22.2. The summed E-state index contributed by atoms with van der Waals surface area (Å²) in [5.41, 5.74) is 4.75. The van der Waals surface area contributed by atoms with E-state index >= 15 is 0 Å². The normalized spacial score (nSPS) is 28.9. The Labute approximate surface area is 453 Å². The van der Waals surface area contributed by atoms with Gasteiger partial charge in [0.05, 0.1) is 37.4 Å². The topological polar surface area (TPSA) is 323 Å². The van der Waals surface area contributed by atoms with E-state index in [-0.39, 0.29) is 31.5 Å². The Morgan fingerprint density at radius 3 is 2.04 bits per heavy atom. The number of ether oxygens (including phenoxy) is 3. The molecule has 8 N–H and O–H groups in total. The van der Waals surface area contributed by atoms with E-state index in [1.165, 1.54) is 37.5 Å². The molecule has 21 nitrogen and oxygen atoms in total. The number of aliphatic hydroxyl groups excluding tert-OH is 4. The van der Waals surface area contributed by atoms with E-state index in [0.29, 0.717) is 44.9 Å². The first-order chi connectivity index (χ1) is 36.9. The summed E-state index contributed by atoms with van der Waals surface area (Å²) >= 11 is 0. The maximum absolute atomic E-state index is 14.3. The molecular weight excluding hydrogens is 1040 g/mol. The van der Waals surface area contributed by atoms with Gasteiger partial charge in [-0.25, -0.2) is 13.9 Å². The third-order valence-corrected chi connectivity index (χ3v) is 15.3. The van der Waals surface area contributed by atoms with E-state index in [1.807, 2.05) is 25.2 Å². The number of hydrogen-bond donors (Lipinski definition) is 7. The number of carbonyl (C=O) groups excluding carboxylic acids is 3. The molecule has 2 fully saturated rings. The van der Waals surface area contributed by atoms with Crippen LogP contribution in [0.15, 0.2) is 90.0 Å². The molecule has 434 valence electrons. The van der Waals surface area contributed by atoms with E-state index in [2.05, 4.69) is 52.7 Å². The third kappa shape index (κ3) is 28.0. The van der Waals surface area contributed by atoms with Crippen molar-refractivity contribution >= 4 is 39.2 Å². The number of aromatic nitrogens is 2. The van der Waals surface area contributed by atoms with Gasteiger partial charge in [0.1, 0.15) is 36.6 Å². The Morgan fingerprint density at radius 2 is 1.40 bits per heavy atom. The Bertz CT molecular complexity index is 2250. The average molecular weight is 1130 g/mol. The van der Waals surface area contributed by atoms with Crippen molar-refractivity contribution in [1.82, 2.24) is 9.55 Å². The minimum atomic E-state index is -5.73. The molecular formula is C54H85N3O18P2. The molecule has 1 aromatic heterocycles. The van der Waals surface area contributed by atoms with Crippen molar-refractivity contribution in [2.45, 2.75) is 192 Å². The van der Waals surface area contributed by atoms with Crippen molar-refractivity contribution in [2.24, 2.45) is 11.8 Å². The van der Waals surface area contributed by atoms with Gasteiger partial charge < -0.3 is 50.2 Å². The zero-order valence-electron chi connectivity index (χ0n) is 44.7. The molecule has 2 aliphatic rings. The number of rotatable bonds is 23. The Balaban J connectivity index is 1.76. The largest absolute Gasteiger partial charge is 0.481 e. The van der Waals surface area contributed by atoms with Crippen molar-refractivity contribution in [1.29, 1.82) is 0 Å². The van der Waals surface area contributed by atoms with E-state index in [4.69, 9.17) is 29.0 Å². The highest BCUT2D eigenvalue weighted by atomic mass is 31.3. The number of ketones is 1. The minimum absolute atomic E-state index is 0.0127. The maximum Gasteiger partial charge on any atom is 0.481 e. The summed E-state index contributed by atoms with van der Waals surface area (Å²) < 4.78 is 59.0. The van der Waals surface area contributed by atoms with Crippen LogP contribution in [0.25, 0.3) is 0 Å². The van der Waals surface area contributed by atoms with Crippen LogP contribution in [0, 0.1) is 11.8 Å². The smallest absolute Gasteiger partial charge is 0.462 e. The fourth-order valence-corrected chi connectivity index (χ4v) is 10.5. The minimum Gasteiger partial charge on any atom is -0.462 e. The molecule has 23 heteroatoms. The van der Waals surface area contributed by atoms with Gasteiger partial charge in [-0.05, 0) is 70.3 Å². The van der Waals surface area contributed by atoms with Crippen LogP contribution in [0.3, 0.4) is 0 Å². The van der Waals surface area contributed by atoms with Gasteiger partial charge in [-0.2, -0.15) is 9.29 Å². The van der Waals surface area contributed by atoms with Crippen LogP contribution < -0.4 is 11.4 Å². The number of Topliss-reactive ketones (excluding diaryl/α,β-unsaturated/α-hetero) is 1. The molecule has 2 aliphatic heterocycles. The van der Waals surface area contributed by atoms with Crippen LogP contribution in [-0.4, -0.2) is 114 Å². The van der Waals surface area contributed by atoms with Crippen LogP contribution in [0.1, 0.15) is 155 Å². The van der Waals surface area contributed by atoms with Crippen LogP contribution in [0.5, 0.6) is 0 Å². The van der Waals surface area contributed by atoms with Gasteiger partial charge in [0.25, 0.3) is 0 Å². The number of hydrogen-bond acceptors (Lipinski definition) is 18. The highest BCUT2D eigenvalue weighted by Gasteiger charge is 2.45. The van der Waals surface area contributed by atoms with E-state index in [1.54, 1.807) is 6.08 Å². The number of phosphoric ester groups is 2. The molecule has 0 saturated carbocycles. The third-order valence-electron chi connectivity index (χ3n) is 12.7. The first kappa shape index (κ1) is 67.1. The molecule has 2 saturated heterocycles. The summed E-state index contributed by atoms with van der Waals surface area (Å²) in [5.74, 6) is -5.07. The van der Waals surface area contributed by atoms with Crippen molar-refractivity contribution in [3.63, 3.8) is 0 Å². The van der Waals surface area contributed by atoms with Crippen molar-refractivity contribution in [3.8, 4) is 0 Å². The molecule has 1 aromatic rings. The highest BCUT2D eigenvalue weighted by molar-refractivity contribution is 7.61. The number of phosphoric acid groups is 2. The van der Waals surface area contributed by atoms with Gasteiger partial charge in [-0.3, -0.25) is 28.0 Å². The summed E-state index contributed by atoms with van der Waals surface area (Å²) in [6.45, 7) is 1.38. The van der Waals surface area contributed by atoms with Crippen LogP contribution in [0.2, 0.25) is 0 Å².